The molecule has 3 rings (SSSR count). The van der Waals surface area contributed by atoms with Gasteiger partial charge in [0.15, 0.2) is 0 Å². The molecule has 1 aromatic rings. The quantitative estimate of drug-likeness (QED) is 0.697. The maximum atomic E-state index is 9.11. The fraction of sp³-hybridized carbons (Fsp3) is 0.727. The van der Waals surface area contributed by atoms with E-state index in [4.69, 9.17) is 5.26 Å². The Morgan fingerprint density at radius 3 is 3.19 bits per heavy atom. The Kier molecular flexibility index (Phi) is 2.37. The first-order valence-electron chi connectivity index (χ1n) is 5.89. The Balaban J connectivity index is 1.76. The van der Waals surface area contributed by atoms with Crippen molar-refractivity contribution in [2.45, 2.75) is 38.4 Å². The topological polar surface area (TPSA) is 57.7 Å². The zero-order valence-electron chi connectivity index (χ0n) is 9.21. The van der Waals surface area contributed by atoms with Crippen molar-refractivity contribution in [3.05, 3.63) is 12.2 Å². The molecule has 0 amide bonds. The van der Waals surface area contributed by atoms with Gasteiger partial charge in [-0.15, -0.1) is 10.2 Å². The lowest BCUT2D eigenvalue weighted by Crippen LogP contribution is -2.42. The van der Waals surface area contributed by atoms with Gasteiger partial charge in [-0.2, -0.15) is 5.26 Å². The highest BCUT2D eigenvalue weighted by Gasteiger charge is 2.34. The van der Waals surface area contributed by atoms with Crippen molar-refractivity contribution in [1.29, 1.82) is 5.26 Å². The summed E-state index contributed by atoms with van der Waals surface area (Å²) in [4.78, 5) is 2.41. The molecule has 16 heavy (non-hydrogen) atoms. The lowest BCUT2D eigenvalue weighted by atomic mass is 10.0. The second-order valence-corrected chi connectivity index (χ2v) is 4.64. The number of rotatable bonds is 1. The number of hydrogen-bond donors (Lipinski definition) is 0. The van der Waals surface area contributed by atoms with E-state index in [0.717, 1.165) is 38.3 Å². The van der Waals surface area contributed by atoms with Crippen LogP contribution in [0.5, 0.6) is 0 Å². The smallest absolute Gasteiger partial charge is 0.147 e. The van der Waals surface area contributed by atoms with E-state index in [1.54, 1.807) is 6.33 Å². The Morgan fingerprint density at radius 2 is 2.31 bits per heavy atom. The van der Waals surface area contributed by atoms with Gasteiger partial charge in [-0.25, -0.2) is 0 Å². The van der Waals surface area contributed by atoms with Crippen molar-refractivity contribution in [2.75, 3.05) is 6.54 Å². The van der Waals surface area contributed by atoms with Crippen molar-refractivity contribution in [3.63, 3.8) is 0 Å². The molecular formula is C11H15N5. The molecule has 1 aliphatic heterocycles. The van der Waals surface area contributed by atoms with Crippen LogP contribution in [0.3, 0.4) is 0 Å². The van der Waals surface area contributed by atoms with Crippen LogP contribution in [0, 0.1) is 17.2 Å². The lowest BCUT2D eigenvalue weighted by Gasteiger charge is -2.33. The standard InChI is InChI=1S/C11H15N5/c12-6-9-2-1-3-10(9)15-4-5-16-8-13-14-11(16)7-15/h8-10H,1-5,7H2. The fourth-order valence-corrected chi connectivity index (χ4v) is 2.90. The summed E-state index contributed by atoms with van der Waals surface area (Å²) in [6.45, 7) is 2.83. The largest absolute Gasteiger partial charge is 0.315 e. The molecule has 0 bridgehead atoms. The van der Waals surface area contributed by atoms with Crippen molar-refractivity contribution in [3.8, 4) is 6.07 Å². The Bertz CT molecular complexity index is 418. The molecule has 0 spiro atoms. The van der Waals surface area contributed by atoms with Crippen molar-refractivity contribution < 1.29 is 0 Å². The highest BCUT2D eigenvalue weighted by atomic mass is 15.3. The van der Waals surface area contributed by atoms with E-state index in [-0.39, 0.29) is 5.92 Å². The van der Waals surface area contributed by atoms with Gasteiger partial charge in [0.05, 0.1) is 18.5 Å². The molecular weight excluding hydrogens is 202 g/mol. The van der Waals surface area contributed by atoms with Crippen LogP contribution in [0.4, 0.5) is 0 Å². The van der Waals surface area contributed by atoms with Crippen LogP contribution in [0.25, 0.3) is 0 Å². The minimum Gasteiger partial charge on any atom is -0.315 e. The van der Waals surface area contributed by atoms with Gasteiger partial charge in [0, 0.05) is 19.1 Å². The molecule has 2 heterocycles. The van der Waals surface area contributed by atoms with Gasteiger partial charge in [0.2, 0.25) is 0 Å². The van der Waals surface area contributed by atoms with Crippen LogP contribution >= 0.6 is 0 Å². The lowest BCUT2D eigenvalue weighted by molar-refractivity contribution is 0.137. The van der Waals surface area contributed by atoms with Crippen molar-refractivity contribution >= 4 is 0 Å². The second-order valence-electron chi connectivity index (χ2n) is 4.64. The minimum absolute atomic E-state index is 0.217. The number of nitriles is 1. The highest BCUT2D eigenvalue weighted by molar-refractivity contribution is 5.00. The second kappa shape index (κ2) is 3.87. The summed E-state index contributed by atoms with van der Waals surface area (Å²) in [5.74, 6) is 1.25. The molecule has 5 heteroatoms. The number of nitrogens with zero attached hydrogens (tertiary/aromatic N) is 5. The predicted octanol–water partition coefficient (Wildman–Crippen LogP) is 0.786. The Morgan fingerprint density at radius 1 is 1.38 bits per heavy atom. The first-order chi connectivity index (χ1) is 7.88. The molecule has 2 unspecified atom stereocenters. The van der Waals surface area contributed by atoms with E-state index < -0.39 is 0 Å². The fourth-order valence-electron chi connectivity index (χ4n) is 2.90. The van der Waals surface area contributed by atoms with Crippen molar-refractivity contribution in [2.24, 2.45) is 5.92 Å². The van der Waals surface area contributed by atoms with Gasteiger partial charge >= 0.3 is 0 Å². The number of hydrogen-bond acceptors (Lipinski definition) is 4. The van der Waals surface area contributed by atoms with E-state index in [1.807, 2.05) is 0 Å². The molecule has 1 saturated carbocycles. The summed E-state index contributed by atoms with van der Waals surface area (Å²) < 4.78 is 2.10. The third-order valence-corrected chi connectivity index (χ3v) is 3.78. The van der Waals surface area contributed by atoms with Gasteiger partial charge in [-0.05, 0) is 12.8 Å². The monoisotopic (exact) mass is 217 g/mol. The highest BCUT2D eigenvalue weighted by Crippen LogP contribution is 2.31. The molecule has 0 N–H and O–H groups in total. The van der Waals surface area contributed by atoms with E-state index in [0.29, 0.717) is 6.04 Å². The molecule has 84 valence electrons. The first kappa shape index (κ1) is 9.79. The van der Waals surface area contributed by atoms with Crippen LogP contribution < -0.4 is 0 Å². The van der Waals surface area contributed by atoms with E-state index >= 15 is 0 Å². The SMILES string of the molecule is N#CC1CCCC1N1CCn2cnnc2C1. The molecule has 0 saturated heterocycles. The van der Waals surface area contributed by atoms with Crippen molar-refractivity contribution in [1.82, 2.24) is 19.7 Å². The predicted molar refractivity (Wildman–Crippen MR) is 57.2 cm³/mol. The van der Waals surface area contributed by atoms with Crippen LogP contribution in [0.1, 0.15) is 25.1 Å². The van der Waals surface area contributed by atoms with Gasteiger partial charge in [-0.3, -0.25) is 4.90 Å². The molecule has 1 fully saturated rings. The average Bonchev–Trinajstić information content (AvgIpc) is 2.96. The maximum absolute atomic E-state index is 9.11. The summed E-state index contributed by atoms with van der Waals surface area (Å²) in [5.41, 5.74) is 0. The maximum Gasteiger partial charge on any atom is 0.147 e. The molecule has 0 radical (unpaired) electrons. The zero-order chi connectivity index (χ0) is 11.0. The summed E-state index contributed by atoms with van der Waals surface area (Å²) in [6.07, 6.45) is 5.20. The minimum atomic E-state index is 0.217. The summed E-state index contributed by atoms with van der Waals surface area (Å²) >= 11 is 0. The molecule has 5 nitrogen and oxygen atoms in total. The third kappa shape index (κ3) is 1.50. The van der Waals surface area contributed by atoms with E-state index in [1.165, 1.54) is 6.42 Å². The average molecular weight is 217 g/mol. The molecule has 2 aliphatic rings. The molecule has 1 aliphatic carbocycles. The van der Waals surface area contributed by atoms with Gasteiger partial charge in [-0.1, -0.05) is 6.42 Å². The van der Waals surface area contributed by atoms with Crippen LogP contribution in [0.15, 0.2) is 6.33 Å². The van der Waals surface area contributed by atoms with E-state index in [9.17, 15) is 0 Å². The number of aromatic nitrogens is 3. The summed E-state index contributed by atoms with van der Waals surface area (Å²) in [7, 11) is 0. The summed E-state index contributed by atoms with van der Waals surface area (Å²) in [5, 5.41) is 17.2. The van der Waals surface area contributed by atoms with Crippen LogP contribution in [-0.2, 0) is 13.1 Å². The van der Waals surface area contributed by atoms with Gasteiger partial charge in [0.25, 0.3) is 0 Å². The van der Waals surface area contributed by atoms with Gasteiger partial charge in [0.1, 0.15) is 12.2 Å². The van der Waals surface area contributed by atoms with Gasteiger partial charge < -0.3 is 4.57 Å². The van der Waals surface area contributed by atoms with Crippen LogP contribution in [0.2, 0.25) is 0 Å². The molecule has 2 atom stereocenters. The first-order valence-corrected chi connectivity index (χ1v) is 5.89. The normalized spacial score (nSPS) is 29.9. The zero-order valence-corrected chi connectivity index (χ0v) is 9.21. The Labute approximate surface area is 94.7 Å². The molecule has 0 aromatic carbocycles. The Hall–Kier alpha value is -1.41. The summed E-state index contributed by atoms with van der Waals surface area (Å²) in [6, 6.07) is 2.88. The van der Waals surface area contributed by atoms with E-state index in [2.05, 4.69) is 25.7 Å². The number of fused-ring (bicyclic) bond motifs is 1. The molecule has 1 aromatic heterocycles. The van der Waals surface area contributed by atoms with Crippen LogP contribution in [-0.4, -0.2) is 32.3 Å². The third-order valence-electron chi connectivity index (χ3n) is 3.78.